The quantitative estimate of drug-likeness (QED) is 0.451. The molecule has 0 aromatic rings. The van der Waals surface area contributed by atoms with Crippen LogP contribution >= 0.6 is 12.4 Å². The van der Waals surface area contributed by atoms with Gasteiger partial charge in [0, 0.05) is 13.1 Å². The molecule has 20 heavy (non-hydrogen) atoms. The van der Waals surface area contributed by atoms with Gasteiger partial charge in [0.25, 0.3) is 5.91 Å². The predicted molar refractivity (Wildman–Crippen MR) is 77.7 cm³/mol. The number of rotatable bonds is 7. The van der Waals surface area contributed by atoms with Crippen LogP contribution in [0.15, 0.2) is 0 Å². The zero-order valence-corrected chi connectivity index (χ0v) is 12.9. The summed E-state index contributed by atoms with van der Waals surface area (Å²) < 4.78 is 0. The lowest BCUT2D eigenvalue weighted by Crippen LogP contribution is -2.49. The second kappa shape index (κ2) is 8.06. The van der Waals surface area contributed by atoms with Crippen LogP contribution in [0.1, 0.15) is 27.2 Å². The zero-order valence-electron chi connectivity index (χ0n) is 12.1. The maximum absolute atomic E-state index is 11.7. The van der Waals surface area contributed by atoms with E-state index >= 15 is 0 Å². The predicted octanol–water partition coefficient (Wildman–Crippen LogP) is -0.146. The van der Waals surface area contributed by atoms with Crippen molar-refractivity contribution in [2.24, 2.45) is 0 Å². The van der Waals surface area contributed by atoms with Gasteiger partial charge in [-0.3, -0.25) is 14.9 Å². The van der Waals surface area contributed by atoms with E-state index in [9.17, 15) is 14.4 Å². The first-order chi connectivity index (χ1) is 8.89. The Morgan fingerprint density at radius 2 is 1.90 bits per heavy atom. The molecule has 116 valence electrons. The minimum atomic E-state index is -0.977. The van der Waals surface area contributed by atoms with Crippen LogP contribution in [0.25, 0.3) is 0 Å². The molecule has 0 aromatic heterocycles. The van der Waals surface area contributed by atoms with Gasteiger partial charge in [0.2, 0.25) is 5.91 Å². The highest BCUT2D eigenvalue weighted by Gasteiger charge is 2.46. The summed E-state index contributed by atoms with van der Waals surface area (Å²) in [4.78, 5) is 36.0. The highest BCUT2D eigenvalue weighted by molar-refractivity contribution is 6.07. The van der Waals surface area contributed by atoms with Crippen LogP contribution in [-0.4, -0.2) is 54.5 Å². The van der Waals surface area contributed by atoms with Gasteiger partial charge in [-0.15, -0.1) is 12.4 Å². The summed E-state index contributed by atoms with van der Waals surface area (Å²) in [6.07, 6.45) is 1.04. The van der Waals surface area contributed by atoms with Crippen molar-refractivity contribution in [2.45, 2.75) is 32.7 Å². The lowest BCUT2D eigenvalue weighted by atomic mass is 10.0. The molecule has 3 N–H and O–H groups in total. The number of hydrogen-bond acceptors (Lipinski definition) is 4. The van der Waals surface area contributed by atoms with E-state index < -0.39 is 11.6 Å². The van der Waals surface area contributed by atoms with Crippen LogP contribution in [0, 0.1) is 0 Å². The van der Waals surface area contributed by atoms with Gasteiger partial charge >= 0.3 is 6.03 Å². The Kier molecular flexibility index (Phi) is 7.52. The average molecular weight is 307 g/mol. The fourth-order valence-corrected chi connectivity index (χ4v) is 1.76. The van der Waals surface area contributed by atoms with Gasteiger partial charge < -0.3 is 15.5 Å². The Labute approximate surface area is 125 Å². The maximum atomic E-state index is 11.7. The van der Waals surface area contributed by atoms with E-state index in [1.54, 1.807) is 13.8 Å². The van der Waals surface area contributed by atoms with Gasteiger partial charge in [0.15, 0.2) is 0 Å². The van der Waals surface area contributed by atoms with E-state index in [1.807, 2.05) is 0 Å². The summed E-state index contributed by atoms with van der Waals surface area (Å²) >= 11 is 0. The topological polar surface area (TPSA) is 90.5 Å². The Morgan fingerprint density at radius 1 is 1.25 bits per heavy atom. The molecule has 0 atom stereocenters. The summed E-state index contributed by atoms with van der Waals surface area (Å²) in [5.74, 6) is -0.647. The number of carbonyl (C=O) groups is 3. The number of amides is 4. The van der Waals surface area contributed by atoms with Gasteiger partial charge in [-0.2, -0.15) is 0 Å². The lowest BCUT2D eigenvalue weighted by molar-refractivity contribution is -0.127. The third-order valence-electron chi connectivity index (χ3n) is 3.05. The largest absolute Gasteiger partial charge is 0.353 e. The summed E-state index contributed by atoms with van der Waals surface area (Å²) in [6.45, 7) is 7.28. The summed E-state index contributed by atoms with van der Waals surface area (Å²) in [7, 11) is 0. The second-order valence-electron chi connectivity index (χ2n) is 5.00. The number of hydrogen-bond donors (Lipinski definition) is 3. The van der Waals surface area contributed by atoms with E-state index in [1.165, 1.54) is 4.90 Å². The van der Waals surface area contributed by atoms with E-state index in [0.717, 1.165) is 13.0 Å². The molecule has 0 saturated carbocycles. The molecule has 1 aliphatic heterocycles. The molecule has 0 bridgehead atoms. The minimum Gasteiger partial charge on any atom is -0.353 e. The average Bonchev–Trinajstić information content (AvgIpc) is 2.52. The van der Waals surface area contributed by atoms with Crippen molar-refractivity contribution >= 4 is 30.3 Å². The van der Waals surface area contributed by atoms with Crippen LogP contribution in [0.2, 0.25) is 0 Å². The van der Waals surface area contributed by atoms with Gasteiger partial charge in [-0.05, 0) is 26.8 Å². The molecule has 0 spiro atoms. The minimum absolute atomic E-state index is 0. The third kappa shape index (κ3) is 4.64. The molecule has 1 saturated heterocycles. The summed E-state index contributed by atoms with van der Waals surface area (Å²) in [5, 5.41) is 8.06. The molecular weight excluding hydrogens is 284 g/mol. The number of halogens is 1. The number of nitrogens with one attached hydrogen (secondary N) is 3. The molecule has 4 amide bonds. The fraction of sp³-hybridized carbons (Fsp3) is 0.750. The van der Waals surface area contributed by atoms with Crippen molar-refractivity contribution in [2.75, 3.05) is 26.2 Å². The molecule has 0 aliphatic carbocycles. The SMILES string of the molecule is CCCNCCNC(=O)CN1C(=O)NC(=O)C1(C)C.Cl. The molecule has 1 fully saturated rings. The van der Waals surface area contributed by atoms with Crippen LogP contribution in [0.4, 0.5) is 4.79 Å². The fourth-order valence-electron chi connectivity index (χ4n) is 1.76. The molecule has 0 aromatic carbocycles. The number of urea groups is 1. The normalized spacial score (nSPS) is 16.6. The Hall–Kier alpha value is -1.34. The van der Waals surface area contributed by atoms with Crippen molar-refractivity contribution in [3.63, 3.8) is 0 Å². The van der Waals surface area contributed by atoms with Crippen molar-refractivity contribution in [1.82, 2.24) is 20.9 Å². The first-order valence-corrected chi connectivity index (χ1v) is 6.50. The first-order valence-electron chi connectivity index (χ1n) is 6.50. The molecule has 7 nitrogen and oxygen atoms in total. The number of carbonyl (C=O) groups excluding carboxylic acids is 3. The molecule has 1 heterocycles. The highest BCUT2D eigenvalue weighted by Crippen LogP contribution is 2.19. The standard InChI is InChI=1S/C12H22N4O3.ClH/c1-4-5-13-6-7-14-9(17)8-16-11(19)15-10(18)12(16,2)3;/h13H,4-8H2,1-3H3,(H,14,17)(H,15,18,19);1H. The Morgan fingerprint density at radius 3 is 2.40 bits per heavy atom. The van der Waals surface area contributed by atoms with Crippen LogP contribution < -0.4 is 16.0 Å². The van der Waals surface area contributed by atoms with E-state index in [2.05, 4.69) is 22.9 Å². The van der Waals surface area contributed by atoms with Gasteiger partial charge in [-0.1, -0.05) is 6.92 Å². The lowest BCUT2D eigenvalue weighted by Gasteiger charge is -2.27. The van der Waals surface area contributed by atoms with Crippen molar-refractivity contribution in [3.8, 4) is 0 Å². The van der Waals surface area contributed by atoms with Gasteiger partial charge in [0.1, 0.15) is 12.1 Å². The molecule has 8 heteroatoms. The van der Waals surface area contributed by atoms with Gasteiger partial charge in [-0.25, -0.2) is 4.79 Å². The number of imide groups is 1. The highest BCUT2D eigenvalue weighted by atomic mass is 35.5. The third-order valence-corrected chi connectivity index (χ3v) is 3.05. The van der Waals surface area contributed by atoms with Gasteiger partial charge in [0.05, 0.1) is 0 Å². The van der Waals surface area contributed by atoms with E-state index in [0.29, 0.717) is 13.1 Å². The molecule has 0 radical (unpaired) electrons. The molecule has 1 rings (SSSR count). The summed E-state index contributed by atoms with van der Waals surface area (Å²) in [6, 6.07) is -0.519. The first kappa shape index (κ1) is 18.7. The Balaban J connectivity index is 0.00000361. The van der Waals surface area contributed by atoms with Crippen LogP contribution in [-0.2, 0) is 9.59 Å². The van der Waals surface area contributed by atoms with E-state index in [-0.39, 0.29) is 30.8 Å². The molecule has 0 unspecified atom stereocenters. The zero-order chi connectivity index (χ0) is 14.5. The van der Waals surface area contributed by atoms with Crippen molar-refractivity contribution in [3.05, 3.63) is 0 Å². The van der Waals surface area contributed by atoms with E-state index in [4.69, 9.17) is 0 Å². The molecular formula is C12H23ClN4O3. The van der Waals surface area contributed by atoms with Crippen molar-refractivity contribution < 1.29 is 14.4 Å². The van der Waals surface area contributed by atoms with Crippen LogP contribution in [0.5, 0.6) is 0 Å². The number of nitrogens with zero attached hydrogens (tertiary/aromatic N) is 1. The second-order valence-corrected chi connectivity index (χ2v) is 5.00. The Bertz CT molecular complexity index is 374. The smallest absolute Gasteiger partial charge is 0.325 e. The monoisotopic (exact) mass is 306 g/mol. The maximum Gasteiger partial charge on any atom is 0.325 e. The molecule has 1 aliphatic rings. The van der Waals surface area contributed by atoms with Crippen molar-refractivity contribution in [1.29, 1.82) is 0 Å². The summed E-state index contributed by atoms with van der Waals surface area (Å²) in [5.41, 5.74) is -0.977. The van der Waals surface area contributed by atoms with Crippen LogP contribution in [0.3, 0.4) is 0 Å².